The maximum Gasteiger partial charge on any atom is 0.277 e. The van der Waals surface area contributed by atoms with Gasteiger partial charge in [-0.1, -0.05) is 41.0 Å². The topological polar surface area (TPSA) is 44.7 Å². The third-order valence-corrected chi connectivity index (χ3v) is 4.08. The quantitative estimate of drug-likeness (QED) is 0.866. The average Bonchev–Trinajstić information content (AvgIpc) is 2.68. The highest BCUT2D eigenvalue weighted by Gasteiger charge is 2.21. The van der Waals surface area contributed by atoms with E-state index in [4.69, 9.17) is 23.2 Å². The highest BCUT2D eigenvalue weighted by molar-refractivity contribution is 8.13. The second-order valence-corrected chi connectivity index (χ2v) is 6.12. The van der Waals surface area contributed by atoms with Crippen LogP contribution in [0.3, 0.4) is 0 Å². The fraction of sp³-hybridized carbons (Fsp3) is 0.231. The van der Waals surface area contributed by atoms with Crippen LogP contribution in [0.1, 0.15) is 5.56 Å². The molecule has 0 atom stereocenters. The molecule has 7 heteroatoms. The second-order valence-electron chi connectivity index (χ2n) is 4.34. The van der Waals surface area contributed by atoms with Crippen molar-refractivity contribution >= 4 is 46.0 Å². The molecule has 20 heavy (non-hydrogen) atoms. The molecule has 106 valence electrons. The van der Waals surface area contributed by atoms with Crippen molar-refractivity contribution in [3.05, 3.63) is 45.7 Å². The Labute approximate surface area is 131 Å². The molecule has 2 rings (SSSR count). The van der Waals surface area contributed by atoms with Crippen LogP contribution in [0.15, 0.2) is 35.1 Å². The summed E-state index contributed by atoms with van der Waals surface area (Å²) in [6.45, 7) is 0. The molecule has 0 radical (unpaired) electrons. The van der Waals surface area contributed by atoms with Gasteiger partial charge in [-0.05, 0) is 17.7 Å². The lowest BCUT2D eigenvalue weighted by Gasteiger charge is -2.05. The van der Waals surface area contributed by atoms with E-state index in [-0.39, 0.29) is 5.91 Å². The van der Waals surface area contributed by atoms with Crippen LogP contribution in [-0.2, 0) is 10.5 Å². The first-order valence-corrected chi connectivity index (χ1v) is 7.55. The van der Waals surface area contributed by atoms with Crippen LogP contribution in [0.2, 0.25) is 10.0 Å². The monoisotopic (exact) mass is 329 g/mol. The summed E-state index contributed by atoms with van der Waals surface area (Å²) in [5.41, 5.74) is 1.23. The molecule has 1 aromatic carbocycles. The van der Waals surface area contributed by atoms with E-state index in [9.17, 15) is 4.79 Å². The van der Waals surface area contributed by atoms with Gasteiger partial charge in [-0.3, -0.25) is 10.1 Å². The summed E-state index contributed by atoms with van der Waals surface area (Å²) in [7, 11) is 3.68. The molecule has 0 bridgehead atoms. The molecule has 0 aromatic heterocycles. The summed E-state index contributed by atoms with van der Waals surface area (Å²) in [5, 5.41) is 4.49. The number of benzene rings is 1. The SMILES string of the molecule is CN(C)C=C1N=C(SCc2c(Cl)cccc2Cl)NC1=O. The Kier molecular flexibility index (Phi) is 4.96. The van der Waals surface area contributed by atoms with E-state index < -0.39 is 0 Å². The fourth-order valence-electron chi connectivity index (χ4n) is 1.56. The number of carbonyl (C=O) groups is 1. The molecule has 1 amide bonds. The first kappa shape index (κ1) is 15.2. The number of hydrogen-bond acceptors (Lipinski definition) is 4. The predicted octanol–water partition coefficient (Wildman–Crippen LogP) is 3.12. The van der Waals surface area contributed by atoms with Gasteiger partial charge < -0.3 is 4.90 Å². The van der Waals surface area contributed by atoms with Gasteiger partial charge in [-0.2, -0.15) is 0 Å². The number of halogens is 2. The zero-order valence-electron chi connectivity index (χ0n) is 11.0. The van der Waals surface area contributed by atoms with E-state index in [1.807, 2.05) is 14.1 Å². The van der Waals surface area contributed by atoms with Gasteiger partial charge in [0, 0.05) is 36.1 Å². The minimum atomic E-state index is -0.202. The summed E-state index contributed by atoms with van der Waals surface area (Å²) in [6.07, 6.45) is 1.67. The summed E-state index contributed by atoms with van der Waals surface area (Å²) in [4.78, 5) is 17.7. The number of thioether (sulfide) groups is 1. The first-order valence-electron chi connectivity index (χ1n) is 5.81. The minimum absolute atomic E-state index is 0.202. The van der Waals surface area contributed by atoms with Gasteiger partial charge in [0.1, 0.15) is 5.70 Å². The van der Waals surface area contributed by atoms with Gasteiger partial charge in [-0.15, -0.1) is 0 Å². The normalized spacial score (nSPS) is 16.3. The van der Waals surface area contributed by atoms with Crippen molar-refractivity contribution < 1.29 is 4.79 Å². The molecular formula is C13H13Cl2N3OS. The van der Waals surface area contributed by atoms with Crippen molar-refractivity contribution in [3.8, 4) is 0 Å². The lowest BCUT2D eigenvalue weighted by Crippen LogP contribution is -2.22. The van der Waals surface area contributed by atoms with Gasteiger partial charge in [0.15, 0.2) is 5.17 Å². The number of nitrogens with one attached hydrogen (secondary N) is 1. The molecule has 1 aliphatic heterocycles. The number of hydrogen-bond donors (Lipinski definition) is 1. The maximum atomic E-state index is 11.7. The van der Waals surface area contributed by atoms with Crippen molar-refractivity contribution in [2.45, 2.75) is 5.75 Å². The van der Waals surface area contributed by atoms with Gasteiger partial charge in [0.05, 0.1) is 0 Å². The molecule has 0 saturated carbocycles. The Morgan fingerprint density at radius 3 is 2.60 bits per heavy atom. The number of carbonyl (C=O) groups excluding carboxylic acids is 1. The molecular weight excluding hydrogens is 317 g/mol. The van der Waals surface area contributed by atoms with Gasteiger partial charge in [-0.25, -0.2) is 4.99 Å². The zero-order chi connectivity index (χ0) is 14.7. The Balaban J connectivity index is 2.07. The lowest BCUT2D eigenvalue weighted by molar-refractivity contribution is -0.115. The van der Waals surface area contributed by atoms with E-state index in [0.717, 1.165) is 5.56 Å². The van der Waals surface area contributed by atoms with Crippen LogP contribution in [0.5, 0.6) is 0 Å². The zero-order valence-corrected chi connectivity index (χ0v) is 13.3. The third-order valence-electron chi connectivity index (χ3n) is 2.47. The van der Waals surface area contributed by atoms with Crippen LogP contribution in [0, 0.1) is 0 Å². The van der Waals surface area contributed by atoms with Crippen molar-refractivity contribution in [1.29, 1.82) is 0 Å². The van der Waals surface area contributed by atoms with Crippen molar-refractivity contribution in [2.24, 2.45) is 4.99 Å². The molecule has 0 unspecified atom stereocenters. The van der Waals surface area contributed by atoms with E-state index in [1.54, 1.807) is 29.3 Å². The Morgan fingerprint density at radius 2 is 2.00 bits per heavy atom. The molecule has 1 N–H and O–H groups in total. The van der Waals surface area contributed by atoms with Gasteiger partial charge in [0.25, 0.3) is 5.91 Å². The fourth-order valence-corrected chi connectivity index (χ4v) is 3.17. The highest BCUT2D eigenvalue weighted by atomic mass is 35.5. The smallest absolute Gasteiger partial charge is 0.277 e. The van der Waals surface area contributed by atoms with Crippen LogP contribution >= 0.6 is 35.0 Å². The van der Waals surface area contributed by atoms with Crippen LogP contribution in [0.4, 0.5) is 0 Å². The Hall–Kier alpha value is -1.17. The molecule has 1 aromatic rings. The predicted molar refractivity (Wildman–Crippen MR) is 85.1 cm³/mol. The number of amidine groups is 1. The summed E-state index contributed by atoms with van der Waals surface area (Å²) in [5.74, 6) is 0.346. The maximum absolute atomic E-state index is 11.7. The molecule has 0 fully saturated rings. The molecule has 0 spiro atoms. The van der Waals surface area contributed by atoms with Crippen LogP contribution < -0.4 is 5.32 Å². The Morgan fingerprint density at radius 1 is 1.35 bits per heavy atom. The summed E-state index contributed by atoms with van der Waals surface area (Å²) in [6, 6.07) is 5.37. The molecule has 1 heterocycles. The van der Waals surface area contributed by atoms with E-state index in [1.165, 1.54) is 11.8 Å². The average molecular weight is 330 g/mol. The second kappa shape index (κ2) is 6.52. The highest BCUT2D eigenvalue weighted by Crippen LogP contribution is 2.29. The number of amides is 1. The largest absolute Gasteiger partial charge is 0.382 e. The van der Waals surface area contributed by atoms with E-state index in [2.05, 4.69) is 10.3 Å². The number of nitrogens with zero attached hydrogens (tertiary/aromatic N) is 2. The molecule has 4 nitrogen and oxygen atoms in total. The molecule has 0 aliphatic carbocycles. The van der Waals surface area contributed by atoms with Crippen LogP contribution in [0.25, 0.3) is 0 Å². The number of rotatable bonds is 3. The van der Waals surface area contributed by atoms with E-state index >= 15 is 0 Å². The van der Waals surface area contributed by atoms with Gasteiger partial charge in [0.2, 0.25) is 0 Å². The molecule has 1 aliphatic rings. The van der Waals surface area contributed by atoms with Crippen molar-refractivity contribution in [1.82, 2.24) is 10.2 Å². The van der Waals surface area contributed by atoms with Crippen LogP contribution in [-0.4, -0.2) is 30.1 Å². The lowest BCUT2D eigenvalue weighted by atomic mass is 10.2. The first-order chi connectivity index (χ1) is 9.47. The number of aliphatic imine (C=N–C) groups is 1. The van der Waals surface area contributed by atoms with Crippen molar-refractivity contribution in [2.75, 3.05) is 14.1 Å². The minimum Gasteiger partial charge on any atom is -0.382 e. The third kappa shape index (κ3) is 3.69. The van der Waals surface area contributed by atoms with Gasteiger partial charge >= 0.3 is 0 Å². The van der Waals surface area contributed by atoms with Crippen molar-refractivity contribution in [3.63, 3.8) is 0 Å². The Bertz CT molecular complexity index is 579. The summed E-state index contributed by atoms with van der Waals surface area (Å²) >= 11 is 13.6. The summed E-state index contributed by atoms with van der Waals surface area (Å²) < 4.78 is 0. The molecule has 0 saturated heterocycles. The standard InChI is InChI=1S/C13H13Cl2N3OS/c1-18(2)6-11-12(19)17-13(16-11)20-7-8-9(14)4-3-5-10(8)15/h3-6H,7H2,1-2H3,(H,16,17,19). The van der Waals surface area contributed by atoms with E-state index in [0.29, 0.717) is 26.7 Å².